The number of hydrogen-bond donors (Lipinski definition) is 1. The molecular formula is C20H28FN3O4. The molecule has 2 saturated heterocycles. The Hall–Kier alpha value is -2.19. The molecular weight excluding hydrogens is 365 g/mol. The predicted octanol–water partition coefficient (Wildman–Crippen LogP) is 1.13. The molecule has 1 amide bonds. The van der Waals surface area contributed by atoms with Gasteiger partial charge in [-0.25, -0.2) is 4.39 Å². The molecule has 7 nitrogen and oxygen atoms in total. The van der Waals surface area contributed by atoms with Crippen molar-refractivity contribution in [2.45, 2.75) is 25.4 Å². The summed E-state index contributed by atoms with van der Waals surface area (Å²) in [5.41, 5.74) is 1.19. The van der Waals surface area contributed by atoms with Crippen LogP contribution < -0.4 is 10.2 Å². The molecule has 1 aromatic carbocycles. The summed E-state index contributed by atoms with van der Waals surface area (Å²) in [5, 5.41) is 2.65. The fourth-order valence-electron chi connectivity index (χ4n) is 3.74. The number of nitrogens with one attached hydrogen (secondary N) is 1. The first-order valence-corrected chi connectivity index (χ1v) is 9.68. The van der Waals surface area contributed by atoms with Crippen LogP contribution in [-0.2, 0) is 19.1 Å². The van der Waals surface area contributed by atoms with Crippen molar-refractivity contribution in [1.29, 1.82) is 0 Å². The number of methoxy groups -OCH3 is 1. The fraction of sp³-hybridized carbons (Fsp3) is 0.600. The maximum absolute atomic E-state index is 14.8. The average molecular weight is 393 g/mol. The highest BCUT2D eigenvalue weighted by atomic mass is 19.1. The molecule has 2 aliphatic heterocycles. The molecule has 2 atom stereocenters. The van der Waals surface area contributed by atoms with Gasteiger partial charge in [0.1, 0.15) is 11.9 Å². The lowest BCUT2D eigenvalue weighted by molar-refractivity contribution is -0.142. The van der Waals surface area contributed by atoms with E-state index in [1.54, 1.807) is 13.2 Å². The molecule has 154 valence electrons. The zero-order valence-electron chi connectivity index (χ0n) is 16.4. The standard InChI is InChI=1S/C20H28FN3O4/c1-14(25)22-13-16-12-17(20(26)28-16)15-3-4-19(18(21)11-15)24-7-5-23(6-8-24)9-10-27-2/h3-4,11,16-17H,5-10,12-13H2,1-2H3,(H,22,25)/t16-,17?/m1/s1. The molecule has 2 fully saturated rings. The van der Waals surface area contributed by atoms with E-state index in [2.05, 4.69) is 10.2 Å². The maximum atomic E-state index is 14.8. The van der Waals surface area contributed by atoms with Gasteiger partial charge in [-0.2, -0.15) is 0 Å². The van der Waals surface area contributed by atoms with E-state index in [1.807, 2.05) is 11.0 Å². The summed E-state index contributed by atoms with van der Waals surface area (Å²) in [6.45, 7) is 6.52. The lowest BCUT2D eigenvalue weighted by Crippen LogP contribution is -2.47. The highest BCUT2D eigenvalue weighted by Crippen LogP contribution is 2.33. The predicted molar refractivity (Wildman–Crippen MR) is 103 cm³/mol. The van der Waals surface area contributed by atoms with Crippen LogP contribution in [0.5, 0.6) is 0 Å². The Labute approximate surface area is 164 Å². The van der Waals surface area contributed by atoms with Crippen LogP contribution in [0.25, 0.3) is 0 Å². The third-order valence-corrected chi connectivity index (χ3v) is 5.34. The molecule has 2 aliphatic rings. The Kier molecular flexibility index (Phi) is 6.85. The van der Waals surface area contributed by atoms with Gasteiger partial charge < -0.3 is 19.7 Å². The summed E-state index contributed by atoms with van der Waals surface area (Å²) < 4.78 is 25.2. The second kappa shape index (κ2) is 9.34. The SMILES string of the molecule is COCCN1CCN(c2ccc(C3C[C@H](CNC(C)=O)OC3=O)cc2F)CC1. The molecule has 3 rings (SSSR count). The fourth-order valence-corrected chi connectivity index (χ4v) is 3.74. The van der Waals surface area contributed by atoms with E-state index in [0.717, 1.165) is 32.7 Å². The van der Waals surface area contributed by atoms with E-state index in [9.17, 15) is 14.0 Å². The van der Waals surface area contributed by atoms with Gasteiger partial charge in [-0.3, -0.25) is 14.5 Å². The quantitative estimate of drug-likeness (QED) is 0.701. The normalized spacial score (nSPS) is 23.0. The first kappa shape index (κ1) is 20.5. The topological polar surface area (TPSA) is 71.1 Å². The number of carbonyl (C=O) groups excluding carboxylic acids is 2. The Morgan fingerprint density at radius 1 is 1.32 bits per heavy atom. The number of rotatable bonds is 7. The van der Waals surface area contributed by atoms with Crippen molar-refractivity contribution < 1.29 is 23.5 Å². The monoisotopic (exact) mass is 393 g/mol. The van der Waals surface area contributed by atoms with Crippen LogP contribution in [0.1, 0.15) is 24.8 Å². The van der Waals surface area contributed by atoms with Gasteiger partial charge in [0, 0.05) is 53.2 Å². The molecule has 0 bridgehead atoms. The number of hydrogen-bond acceptors (Lipinski definition) is 6. The van der Waals surface area contributed by atoms with Crippen molar-refractivity contribution in [3.8, 4) is 0 Å². The van der Waals surface area contributed by atoms with Crippen LogP contribution in [-0.4, -0.2) is 75.9 Å². The molecule has 0 aliphatic carbocycles. The van der Waals surface area contributed by atoms with Gasteiger partial charge in [0.05, 0.1) is 24.8 Å². The van der Waals surface area contributed by atoms with Gasteiger partial charge in [0.2, 0.25) is 5.91 Å². The first-order valence-electron chi connectivity index (χ1n) is 9.68. The van der Waals surface area contributed by atoms with Crippen LogP contribution in [0, 0.1) is 5.82 Å². The lowest BCUT2D eigenvalue weighted by Gasteiger charge is -2.36. The van der Waals surface area contributed by atoms with Crippen LogP contribution >= 0.6 is 0 Å². The number of anilines is 1. The summed E-state index contributed by atoms with van der Waals surface area (Å²) in [4.78, 5) is 27.5. The van der Waals surface area contributed by atoms with Crippen molar-refractivity contribution >= 4 is 17.6 Å². The number of amides is 1. The van der Waals surface area contributed by atoms with Crippen LogP contribution in [0.3, 0.4) is 0 Å². The Balaban J connectivity index is 1.60. The molecule has 1 aromatic rings. The average Bonchev–Trinajstić information content (AvgIpc) is 3.06. The Bertz CT molecular complexity index is 707. The van der Waals surface area contributed by atoms with Crippen LogP contribution in [0.4, 0.5) is 10.1 Å². The zero-order chi connectivity index (χ0) is 20.1. The molecule has 2 heterocycles. The van der Waals surface area contributed by atoms with Gasteiger partial charge in [-0.1, -0.05) is 6.07 Å². The summed E-state index contributed by atoms with van der Waals surface area (Å²) in [5.74, 6) is -1.35. The van der Waals surface area contributed by atoms with Crippen LogP contribution in [0.2, 0.25) is 0 Å². The second-order valence-electron chi connectivity index (χ2n) is 7.32. The van der Waals surface area contributed by atoms with E-state index in [4.69, 9.17) is 9.47 Å². The molecule has 0 spiro atoms. The van der Waals surface area contributed by atoms with Gasteiger partial charge in [-0.15, -0.1) is 0 Å². The maximum Gasteiger partial charge on any atom is 0.313 e. The van der Waals surface area contributed by atoms with E-state index in [0.29, 0.717) is 24.3 Å². The summed E-state index contributed by atoms with van der Waals surface area (Å²) >= 11 is 0. The number of nitrogens with zero attached hydrogens (tertiary/aromatic N) is 2. The largest absolute Gasteiger partial charge is 0.460 e. The van der Waals surface area contributed by atoms with E-state index in [-0.39, 0.29) is 30.3 Å². The molecule has 0 saturated carbocycles. The molecule has 1 N–H and O–H groups in total. The van der Waals surface area contributed by atoms with Gasteiger partial charge in [-0.05, 0) is 17.7 Å². The lowest BCUT2D eigenvalue weighted by atomic mass is 9.95. The van der Waals surface area contributed by atoms with E-state index in [1.165, 1.54) is 13.0 Å². The summed E-state index contributed by atoms with van der Waals surface area (Å²) in [6.07, 6.45) is 0.0695. The van der Waals surface area contributed by atoms with Crippen molar-refractivity contribution in [2.75, 3.05) is 57.9 Å². The molecule has 0 radical (unpaired) electrons. The Morgan fingerprint density at radius 2 is 2.07 bits per heavy atom. The van der Waals surface area contributed by atoms with Crippen LogP contribution in [0.15, 0.2) is 18.2 Å². The molecule has 8 heteroatoms. The second-order valence-corrected chi connectivity index (χ2v) is 7.32. The number of carbonyl (C=O) groups is 2. The van der Waals surface area contributed by atoms with E-state index < -0.39 is 5.92 Å². The number of benzene rings is 1. The van der Waals surface area contributed by atoms with Crippen molar-refractivity contribution in [3.05, 3.63) is 29.6 Å². The van der Waals surface area contributed by atoms with Crippen molar-refractivity contribution in [3.63, 3.8) is 0 Å². The van der Waals surface area contributed by atoms with Gasteiger partial charge in [0.25, 0.3) is 0 Å². The zero-order valence-corrected chi connectivity index (χ0v) is 16.4. The third kappa shape index (κ3) is 4.99. The number of ether oxygens (including phenoxy) is 2. The Morgan fingerprint density at radius 3 is 2.71 bits per heavy atom. The molecule has 0 aromatic heterocycles. The first-order chi connectivity index (χ1) is 13.5. The number of halogens is 1. The minimum absolute atomic E-state index is 0.169. The van der Waals surface area contributed by atoms with Crippen molar-refractivity contribution in [2.24, 2.45) is 0 Å². The smallest absolute Gasteiger partial charge is 0.313 e. The number of cyclic esters (lactones) is 1. The molecule has 1 unspecified atom stereocenters. The summed E-state index contributed by atoms with van der Waals surface area (Å²) in [6, 6.07) is 5.01. The van der Waals surface area contributed by atoms with E-state index >= 15 is 0 Å². The highest BCUT2D eigenvalue weighted by molar-refractivity contribution is 5.80. The minimum atomic E-state index is -0.492. The van der Waals surface area contributed by atoms with Gasteiger partial charge >= 0.3 is 5.97 Å². The van der Waals surface area contributed by atoms with Gasteiger partial charge in [0.15, 0.2) is 0 Å². The number of piperazine rings is 1. The minimum Gasteiger partial charge on any atom is -0.460 e. The number of esters is 1. The van der Waals surface area contributed by atoms with Crippen molar-refractivity contribution in [1.82, 2.24) is 10.2 Å². The third-order valence-electron chi connectivity index (χ3n) is 5.34. The molecule has 28 heavy (non-hydrogen) atoms. The summed E-state index contributed by atoms with van der Waals surface area (Å²) in [7, 11) is 1.69. The highest BCUT2D eigenvalue weighted by Gasteiger charge is 2.36.